The van der Waals surface area contributed by atoms with Crippen molar-refractivity contribution >= 4 is 22.7 Å². The first-order chi connectivity index (χ1) is 8.96. The van der Waals surface area contributed by atoms with Crippen LogP contribution in [-0.4, -0.2) is 39.4 Å². The highest BCUT2D eigenvalue weighted by Crippen LogP contribution is 2.17. The Kier molecular flexibility index (Phi) is 9.27. The summed E-state index contributed by atoms with van der Waals surface area (Å²) in [6.07, 6.45) is 0. The van der Waals surface area contributed by atoms with Crippen LogP contribution in [0, 0.1) is 0 Å². The van der Waals surface area contributed by atoms with E-state index in [1.807, 2.05) is 0 Å². The van der Waals surface area contributed by atoms with Crippen molar-refractivity contribution < 1.29 is 13.2 Å². The molecule has 5 heteroatoms. The summed E-state index contributed by atoms with van der Waals surface area (Å²) >= 11 is 3.59. The molecule has 0 bridgehead atoms. The fourth-order valence-electron chi connectivity index (χ4n) is 1.93. The minimum atomic E-state index is -1.97. The van der Waals surface area contributed by atoms with Gasteiger partial charge in [-0.15, -0.1) is 0 Å². The molecule has 0 heterocycles. The highest BCUT2D eigenvalue weighted by atomic mass is 35.5. The van der Waals surface area contributed by atoms with Crippen molar-refractivity contribution in [1.82, 2.24) is 0 Å². The maximum atomic E-state index is 10.4. The Morgan fingerprint density at radius 1 is 1.05 bits per heavy atom. The van der Waals surface area contributed by atoms with E-state index in [1.165, 1.54) is 36.7 Å². The number of nitrogens with zero attached hydrogens (tertiary/aromatic N) is 1. The topological polar surface area (TPSA) is 37.3 Å². The molecule has 3 nitrogen and oxygen atoms in total. The van der Waals surface area contributed by atoms with Crippen LogP contribution in [0.3, 0.4) is 0 Å². The van der Waals surface area contributed by atoms with Crippen LogP contribution in [-0.2, 0) is 11.1 Å². The number of quaternary nitrogens is 1. The van der Waals surface area contributed by atoms with Crippen LogP contribution in [0.5, 0.6) is 0 Å². The van der Waals surface area contributed by atoms with Crippen molar-refractivity contribution in [2.24, 2.45) is 0 Å². The van der Waals surface area contributed by atoms with Crippen molar-refractivity contribution in [2.75, 3.05) is 26.2 Å². The van der Waals surface area contributed by atoms with Gasteiger partial charge in [0.1, 0.15) is 0 Å². The number of hydrogen-bond donors (Lipinski definition) is 1. The zero-order valence-corrected chi connectivity index (χ0v) is 13.8. The molecule has 1 N–H and O–H groups in total. The van der Waals surface area contributed by atoms with E-state index < -0.39 is 11.1 Å². The van der Waals surface area contributed by atoms with Crippen molar-refractivity contribution in [3.8, 4) is 0 Å². The van der Waals surface area contributed by atoms with Gasteiger partial charge in [0.25, 0.3) is 0 Å². The lowest BCUT2D eigenvalue weighted by Gasteiger charge is -2.34. The van der Waals surface area contributed by atoms with Crippen LogP contribution >= 0.6 is 11.6 Å². The third kappa shape index (κ3) is 6.04. The third-order valence-electron chi connectivity index (χ3n) is 3.71. The van der Waals surface area contributed by atoms with Crippen LogP contribution in [0.2, 0.25) is 5.02 Å². The summed E-state index contributed by atoms with van der Waals surface area (Å²) in [5.74, 6) is 0. The largest absolute Gasteiger partial charge is 0.325 e. The summed E-state index contributed by atoms with van der Waals surface area (Å²) in [5, 5.41) is 0.323. The lowest BCUT2D eigenvalue weighted by Crippen LogP contribution is -2.47. The maximum absolute atomic E-state index is 10.4. The van der Waals surface area contributed by atoms with Gasteiger partial charge < -0.3 is 9.04 Å². The van der Waals surface area contributed by atoms with Crippen LogP contribution in [0.1, 0.15) is 27.7 Å². The van der Waals surface area contributed by atoms with Crippen LogP contribution in [0.4, 0.5) is 0 Å². The van der Waals surface area contributed by atoms with Gasteiger partial charge in [-0.05, 0) is 39.8 Å². The Bertz CT molecular complexity index is 377. The number of hydrogen-bond acceptors (Lipinski definition) is 1. The fourth-order valence-corrected chi connectivity index (χ4v) is 2.69. The van der Waals surface area contributed by atoms with Crippen molar-refractivity contribution in [1.29, 1.82) is 0 Å². The number of benzene rings is 1. The summed E-state index contributed by atoms with van der Waals surface area (Å²) in [5.41, 5.74) is 0. The van der Waals surface area contributed by atoms with E-state index >= 15 is 0 Å². The molecule has 19 heavy (non-hydrogen) atoms. The van der Waals surface area contributed by atoms with Gasteiger partial charge in [-0.25, -0.2) is 4.21 Å². The summed E-state index contributed by atoms with van der Waals surface area (Å²) in [7, 11) is 0. The van der Waals surface area contributed by atoms with Gasteiger partial charge in [0.15, 0.2) is 11.1 Å². The molecule has 0 radical (unpaired) electrons. The van der Waals surface area contributed by atoms with E-state index in [4.69, 9.17) is 16.2 Å². The SMILES string of the molecule is CC[N+](CC)(CC)CC.O=S(O)c1ccccc1Cl. The van der Waals surface area contributed by atoms with E-state index in [0.717, 1.165) is 0 Å². The van der Waals surface area contributed by atoms with Gasteiger partial charge in [-0.2, -0.15) is 0 Å². The summed E-state index contributed by atoms with van der Waals surface area (Å²) in [6, 6.07) is 6.46. The molecule has 110 valence electrons. The average Bonchev–Trinajstić information content (AvgIpc) is 2.43. The van der Waals surface area contributed by atoms with Crippen molar-refractivity contribution in [3.63, 3.8) is 0 Å². The van der Waals surface area contributed by atoms with E-state index in [2.05, 4.69) is 27.7 Å². The number of rotatable bonds is 5. The molecule has 0 spiro atoms. The predicted octanol–water partition coefficient (Wildman–Crippen LogP) is 3.80. The molecule has 0 saturated carbocycles. The van der Waals surface area contributed by atoms with Gasteiger partial charge in [0.2, 0.25) is 0 Å². The minimum Gasteiger partial charge on any atom is -0.325 e. The molecule has 1 unspecified atom stereocenters. The van der Waals surface area contributed by atoms with E-state index in [0.29, 0.717) is 5.02 Å². The molecule has 0 aliphatic carbocycles. The summed E-state index contributed by atoms with van der Waals surface area (Å²) in [6.45, 7) is 14.2. The molecular weight excluding hydrogens is 282 g/mol. The second kappa shape index (κ2) is 9.48. The number of halogens is 1. The third-order valence-corrected chi connectivity index (χ3v) is 4.88. The van der Waals surface area contributed by atoms with Gasteiger partial charge >= 0.3 is 0 Å². The molecule has 0 saturated heterocycles. The monoisotopic (exact) mass is 306 g/mol. The normalized spacial score (nSPS) is 12.5. The second-order valence-corrected chi connectivity index (χ2v) is 5.63. The smallest absolute Gasteiger partial charge is 0.188 e. The Balaban J connectivity index is 0.000000344. The lowest BCUT2D eigenvalue weighted by molar-refractivity contribution is -0.921. The first-order valence-electron chi connectivity index (χ1n) is 6.66. The molecule has 1 aromatic rings. The van der Waals surface area contributed by atoms with Crippen LogP contribution < -0.4 is 0 Å². The lowest BCUT2D eigenvalue weighted by atomic mass is 10.3. The van der Waals surface area contributed by atoms with E-state index in [1.54, 1.807) is 18.2 Å². The van der Waals surface area contributed by atoms with Crippen molar-refractivity contribution in [2.45, 2.75) is 32.6 Å². The zero-order chi connectivity index (χ0) is 14.9. The Morgan fingerprint density at radius 3 is 1.68 bits per heavy atom. The summed E-state index contributed by atoms with van der Waals surface area (Å²) < 4.78 is 20.3. The van der Waals surface area contributed by atoms with Gasteiger partial charge in [-0.1, -0.05) is 23.7 Å². The standard InChI is InChI=1S/C8H20N.C6H5ClO2S/c1-5-9(6-2,7-3)8-4;7-5-3-1-2-4-6(5)10(8)9/h5-8H2,1-4H3;1-4H,(H,8,9)/q+1;. The highest BCUT2D eigenvalue weighted by Gasteiger charge is 2.16. The second-order valence-electron chi connectivity index (χ2n) is 4.29. The van der Waals surface area contributed by atoms with Gasteiger partial charge in [0, 0.05) is 0 Å². The first kappa shape index (κ1) is 18.6. The minimum absolute atomic E-state index is 0.254. The molecule has 1 aromatic carbocycles. The molecule has 0 aliphatic rings. The van der Waals surface area contributed by atoms with Crippen molar-refractivity contribution in [3.05, 3.63) is 29.3 Å². The Morgan fingerprint density at radius 2 is 1.47 bits per heavy atom. The summed E-state index contributed by atoms with van der Waals surface area (Å²) in [4.78, 5) is 0.254. The molecule has 1 atom stereocenters. The average molecular weight is 307 g/mol. The van der Waals surface area contributed by atoms with E-state index in [-0.39, 0.29) is 4.90 Å². The first-order valence-corrected chi connectivity index (χ1v) is 8.15. The zero-order valence-electron chi connectivity index (χ0n) is 12.2. The van der Waals surface area contributed by atoms with E-state index in [9.17, 15) is 4.21 Å². The molecule has 0 amide bonds. The van der Waals surface area contributed by atoms with Crippen LogP contribution in [0.25, 0.3) is 0 Å². The van der Waals surface area contributed by atoms with Crippen LogP contribution in [0.15, 0.2) is 29.2 Å². The molecular formula is C14H25ClNO2S+. The van der Waals surface area contributed by atoms with Gasteiger partial charge in [0.05, 0.1) is 36.1 Å². The van der Waals surface area contributed by atoms with Gasteiger partial charge in [-0.3, -0.25) is 0 Å². The predicted molar refractivity (Wildman–Crippen MR) is 82.9 cm³/mol. The highest BCUT2D eigenvalue weighted by molar-refractivity contribution is 7.79. The Hall–Kier alpha value is -0.420. The Labute approximate surface area is 124 Å². The molecule has 0 aliphatic heterocycles. The quantitative estimate of drug-likeness (QED) is 0.663. The molecule has 0 fully saturated rings. The maximum Gasteiger partial charge on any atom is 0.188 e. The fraction of sp³-hybridized carbons (Fsp3) is 0.571. The molecule has 0 aromatic heterocycles. The molecule has 1 rings (SSSR count).